The minimum absolute atomic E-state index is 0.0716. The summed E-state index contributed by atoms with van der Waals surface area (Å²) in [6.07, 6.45) is 4.10. The minimum Gasteiger partial charge on any atom is -0.497 e. The first-order valence-electron chi connectivity index (χ1n) is 16.5. The zero-order chi connectivity index (χ0) is 37.6. The molecule has 13 heteroatoms. The zero-order valence-electron chi connectivity index (χ0n) is 30.4. The topological polar surface area (TPSA) is 163 Å². The summed E-state index contributed by atoms with van der Waals surface area (Å²) in [5.41, 5.74) is 6.31. The van der Waals surface area contributed by atoms with Crippen molar-refractivity contribution in [3.63, 3.8) is 0 Å². The van der Waals surface area contributed by atoms with Crippen LogP contribution in [0.1, 0.15) is 46.5 Å². The molecule has 3 N–H and O–H groups in total. The molecule has 0 fully saturated rings. The number of nitrogens with zero attached hydrogens (tertiary/aromatic N) is 1. The van der Waals surface area contributed by atoms with Gasteiger partial charge in [0, 0.05) is 36.9 Å². The van der Waals surface area contributed by atoms with Crippen molar-refractivity contribution in [2.45, 2.75) is 46.5 Å². The van der Waals surface area contributed by atoms with Crippen molar-refractivity contribution in [2.24, 2.45) is 0 Å². The highest BCUT2D eigenvalue weighted by atomic mass is 16.6. The molecule has 0 atom stereocenters. The predicted molar refractivity (Wildman–Crippen MR) is 197 cm³/mol. The van der Waals surface area contributed by atoms with Gasteiger partial charge in [0.1, 0.15) is 23.0 Å². The summed E-state index contributed by atoms with van der Waals surface area (Å²) in [6.45, 7) is 7.44. The monoisotopic (exact) mass is 710 g/mol. The smallest absolute Gasteiger partial charge is 0.311 e. The van der Waals surface area contributed by atoms with E-state index < -0.39 is 4.92 Å². The Balaban J connectivity index is 0.000000329. The maximum atomic E-state index is 11.2. The van der Waals surface area contributed by atoms with Crippen LogP contribution >= 0.6 is 0 Å². The van der Waals surface area contributed by atoms with E-state index in [2.05, 4.69) is 13.8 Å². The number of aliphatic hydroxyl groups excluding tert-OH is 1. The molecule has 0 aromatic heterocycles. The van der Waals surface area contributed by atoms with Gasteiger partial charge in [0.2, 0.25) is 5.75 Å². The van der Waals surface area contributed by atoms with Gasteiger partial charge >= 0.3 is 5.69 Å². The maximum absolute atomic E-state index is 11.2. The van der Waals surface area contributed by atoms with Crippen molar-refractivity contribution < 1.29 is 47.9 Å². The lowest BCUT2D eigenvalue weighted by Crippen LogP contribution is -1.99. The Morgan fingerprint density at radius 2 is 1.00 bits per heavy atom. The molecule has 0 saturated carbocycles. The van der Waals surface area contributed by atoms with Crippen LogP contribution < -0.4 is 43.6 Å². The van der Waals surface area contributed by atoms with E-state index in [9.17, 15) is 10.1 Å². The van der Waals surface area contributed by atoms with E-state index >= 15 is 0 Å². The molecule has 0 radical (unpaired) electrons. The van der Waals surface area contributed by atoms with Crippen LogP contribution in [0.15, 0.2) is 72.8 Å². The van der Waals surface area contributed by atoms with E-state index in [1.807, 2.05) is 6.07 Å². The second-order valence-electron chi connectivity index (χ2n) is 10.5. The Kier molecular flexibility index (Phi) is 18.7. The van der Waals surface area contributed by atoms with Gasteiger partial charge in [-0.3, -0.25) is 10.1 Å². The summed E-state index contributed by atoms with van der Waals surface area (Å²) in [7, 11) is 6.16. The van der Waals surface area contributed by atoms with Gasteiger partial charge in [-0.15, -0.1) is 0 Å². The Bertz CT molecular complexity index is 1630. The third-order valence-electron chi connectivity index (χ3n) is 6.83. The molecule has 4 aromatic carbocycles. The molecular weight excluding hydrogens is 660 g/mol. The zero-order valence-corrected chi connectivity index (χ0v) is 30.4. The van der Waals surface area contributed by atoms with Crippen LogP contribution in [-0.2, 0) is 0 Å². The van der Waals surface area contributed by atoms with Crippen molar-refractivity contribution in [1.29, 1.82) is 0 Å². The fourth-order valence-corrected chi connectivity index (χ4v) is 4.13. The molecule has 278 valence electrons. The number of methoxy groups -OCH3 is 4. The summed E-state index contributed by atoms with van der Waals surface area (Å²) in [5.74, 6) is 5.04. The van der Waals surface area contributed by atoms with Gasteiger partial charge in [-0.1, -0.05) is 26.7 Å². The number of hydrogen-bond acceptors (Lipinski definition) is 12. The van der Waals surface area contributed by atoms with Crippen molar-refractivity contribution in [3.8, 4) is 57.5 Å². The predicted octanol–water partition coefficient (Wildman–Crippen LogP) is 8.84. The molecule has 4 rings (SSSR count). The number of unbranched alkanes of at least 4 members (excludes halogenated alkanes) is 2. The van der Waals surface area contributed by atoms with Crippen LogP contribution in [0.5, 0.6) is 57.5 Å². The first-order chi connectivity index (χ1) is 24.7. The average molecular weight is 711 g/mol. The summed E-state index contributed by atoms with van der Waals surface area (Å²) >= 11 is 0. The van der Waals surface area contributed by atoms with E-state index in [0.717, 1.165) is 31.4 Å². The second-order valence-corrected chi connectivity index (χ2v) is 10.5. The van der Waals surface area contributed by atoms with Crippen molar-refractivity contribution in [1.82, 2.24) is 0 Å². The van der Waals surface area contributed by atoms with Gasteiger partial charge in [-0.2, -0.15) is 0 Å². The fourth-order valence-electron chi connectivity index (χ4n) is 4.13. The van der Waals surface area contributed by atoms with Crippen LogP contribution in [0.4, 0.5) is 11.4 Å². The van der Waals surface area contributed by atoms with Gasteiger partial charge in [0.15, 0.2) is 28.7 Å². The highest BCUT2D eigenvalue weighted by Crippen LogP contribution is 2.40. The Morgan fingerprint density at radius 1 is 0.588 bits per heavy atom. The Labute approximate surface area is 299 Å². The van der Waals surface area contributed by atoms with Crippen LogP contribution in [0.3, 0.4) is 0 Å². The van der Waals surface area contributed by atoms with Gasteiger partial charge in [-0.05, 0) is 62.2 Å². The third-order valence-corrected chi connectivity index (χ3v) is 6.83. The van der Waals surface area contributed by atoms with Gasteiger partial charge in [-0.25, -0.2) is 0 Å². The number of nitrogens with two attached hydrogens (primary N) is 1. The number of nitrogen functional groups attached to an aromatic ring is 1. The Morgan fingerprint density at radius 3 is 1.43 bits per heavy atom. The number of aliphatic hydroxyl groups is 1. The van der Waals surface area contributed by atoms with E-state index in [4.69, 9.17) is 48.7 Å². The number of rotatable bonds is 17. The van der Waals surface area contributed by atoms with Crippen molar-refractivity contribution in [3.05, 3.63) is 82.9 Å². The lowest BCUT2D eigenvalue weighted by atomic mass is 10.2. The molecule has 4 aromatic rings. The number of anilines is 1. The van der Waals surface area contributed by atoms with E-state index in [-0.39, 0.29) is 18.0 Å². The minimum atomic E-state index is -0.510. The van der Waals surface area contributed by atoms with Crippen molar-refractivity contribution in [2.75, 3.05) is 54.0 Å². The number of benzene rings is 4. The number of hydrogen-bond donors (Lipinski definition) is 2. The molecule has 0 heterocycles. The summed E-state index contributed by atoms with van der Waals surface area (Å²) in [6, 6.07) is 20.1. The standard InChI is InChI=1S/C18H21NO6.C18H23NO4.C2H6O/c1-4-5-10-24-14-7-9-16(18(12-14)23-3)25-17-11-13(22-2)6-8-15(17)19(20)21;1-4-5-10-22-14-7-9-16(18(12-14)21-3)23-17-11-13(20-2)6-8-15(17)19;1-2-3/h6-9,11-12H,4-5,10H2,1-3H3;6-9,11-12H,4-5,10,19H2,1-3H3;3H,2H2,1H3. The summed E-state index contributed by atoms with van der Waals surface area (Å²) in [4.78, 5) is 10.7. The highest BCUT2D eigenvalue weighted by Gasteiger charge is 2.19. The normalized spacial score (nSPS) is 9.96. The third kappa shape index (κ3) is 13.7. The lowest BCUT2D eigenvalue weighted by molar-refractivity contribution is -0.385. The molecule has 51 heavy (non-hydrogen) atoms. The van der Waals surface area contributed by atoms with Crippen molar-refractivity contribution >= 4 is 11.4 Å². The fraction of sp³-hybridized carbons (Fsp3) is 0.368. The molecule has 0 aliphatic rings. The molecule has 0 spiro atoms. The molecule has 0 aliphatic heterocycles. The molecule has 13 nitrogen and oxygen atoms in total. The first kappa shape index (κ1) is 41.6. The molecule has 0 aliphatic carbocycles. The summed E-state index contributed by atoms with van der Waals surface area (Å²) < 4.78 is 43.9. The van der Waals surface area contributed by atoms with E-state index in [1.54, 1.807) is 69.7 Å². The van der Waals surface area contributed by atoms with Gasteiger partial charge in [0.05, 0.1) is 52.3 Å². The quantitative estimate of drug-likeness (QED) is 0.0464. The summed E-state index contributed by atoms with van der Waals surface area (Å²) in [5, 5.41) is 18.8. The molecule has 0 amide bonds. The number of ether oxygens (including phenoxy) is 8. The first-order valence-corrected chi connectivity index (χ1v) is 16.5. The maximum Gasteiger partial charge on any atom is 0.311 e. The average Bonchev–Trinajstić information content (AvgIpc) is 3.14. The van der Waals surface area contributed by atoms with Crippen LogP contribution in [-0.4, -0.2) is 58.3 Å². The van der Waals surface area contributed by atoms with Gasteiger partial charge in [0.25, 0.3) is 0 Å². The van der Waals surface area contributed by atoms with Crippen LogP contribution in [0.25, 0.3) is 0 Å². The highest BCUT2D eigenvalue weighted by molar-refractivity contribution is 5.59. The number of nitro groups is 1. The van der Waals surface area contributed by atoms with E-state index in [0.29, 0.717) is 64.9 Å². The SMILES string of the molecule is CCCCOc1ccc(Oc2cc(OC)ccc2N)c(OC)c1.CCCCOc1ccc(Oc2cc(OC)ccc2[N+](=O)[O-])c(OC)c1.CCO. The van der Waals surface area contributed by atoms with E-state index in [1.165, 1.54) is 32.4 Å². The molecule has 0 bridgehead atoms. The molecule has 0 unspecified atom stereocenters. The second kappa shape index (κ2) is 23.0. The lowest BCUT2D eigenvalue weighted by Gasteiger charge is -2.14. The largest absolute Gasteiger partial charge is 0.497 e. The molecule has 0 saturated heterocycles. The number of nitro benzene ring substituents is 1. The van der Waals surface area contributed by atoms with Crippen LogP contribution in [0, 0.1) is 10.1 Å². The Hall–Kier alpha value is -5.56. The van der Waals surface area contributed by atoms with Gasteiger partial charge < -0.3 is 48.7 Å². The van der Waals surface area contributed by atoms with Crippen LogP contribution in [0.2, 0.25) is 0 Å². The molecular formula is C38H50N2O11.